The van der Waals surface area contributed by atoms with Gasteiger partial charge in [0, 0.05) is 6.54 Å². The first-order valence-electron chi connectivity index (χ1n) is 4.83. The molecule has 0 unspecified atom stereocenters. The molecular formula is C9H17NO3. The molecule has 4 nitrogen and oxygen atoms in total. The lowest BCUT2D eigenvalue weighted by atomic mass is 9.85. The van der Waals surface area contributed by atoms with Crippen LogP contribution in [0.15, 0.2) is 0 Å². The number of aliphatic hydroxyl groups excluding tert-OH is 1. The van der Waals surface area contributed by atoms with Crippen molar-refractivity contribution in [2.75, 3.05) is 6.54 Å². The first-order valence-corrected chi connectivity index (χ1v) is 4.83. The minimum atomic E-state index is -0.948. The number of amides is 1. The third kappa shape index (κ3) is 4.12. The first-order chi connectivity index (χ1) is 6.18. The average Bonchev–Trinajstić information content (AvgIpc) is 2.08. The summed E-state index contributed by atoms with van der Waals surface area (Å²) < 4.78 is 0. The minimum Gasteiger partial charge on any atom is -0.465 e. The fraction of sp³-hybridized carbons (Fsp3) is 0.889. The summed E-state index contributed by atoms with van der Waals surface area (Å²) in [6, 6.07) is 0. The molecule has 1 fully saturated rings. The Kier molecular flexibility index (Phi) is 4.02. The number of hydrogen-bond donors (Lipinski definition) is 3. The molecule has 1 aliphatic rings. The summed E-state index contributed by atoms with van der Waals surface area (Å²) in [5.41, 5.74) is 0. The summed E-state index contributed by atoms with van der Waals surface area (Å²) in [5.74, 6) is 0.593. The van der Waals surface area contributed by atoms with E-state index in [2.05, 4.69) is 5.32 Å². The molecule has 0 atom stereocenters. The topological polar surface area (TPSA) is 69.6 Å². The lowest BCUT2D eigenvalue weighted by Crippen LogP contribution is -2.26. The van der Waals surface area contributed by atoms with Crippen LogP contribution in [0.2, 0.25) is 0 Å². The van der Waals surface area contributed by atoms with Crippen LogP contribution >= 0.6 is 0 Å². The molecular weight excluding hydrogens is 170 g/mol. The highest BCUT2D eigenvalue weighted by Gasteiger charge is 2.18. The molecule has 0 aliphatic heterocycles. The fourth-order valence-corrected chi connectivity index (χ4v) is 1.82. The van der Waals surface area contributed by atoms with Crippen molar-refractivity contribution in [3.05, 3.63) is 0 Å². The van der Waals surface area contributed by atoms with Crippen molar-refractivity contribution in [3.63, 3.8) is 0 Å². The van der Waals surface area contributed by atoms with Crippen LogP contribution in [-0.4, -0.2) is 29.0 Å². The van der Waals surface area contributed by atoms with E-state index < -0.39 is 6.09 Å². The first kappa shape index (κ1) is 10.3. The molecule has 1 rings (SSSR count). The Hall–Kier alpha value is -0.770. The number of hydrogen-bond acceptors (Lipinski definition) is 2. The standard InChI is InChI=1S/C9H17NO3/c11-8-3-1-7(2-4-8)5-6-10-9(12)13/h7-8,10-11H,1-6H2,(H,12,13). The molecule has 13 heavy (non-hydrogen) atoms. The van der Waals surface area contributed by atoms with Crippen LogP contribution in [0.1, 0.15) is 32.1 Å². The molecule has 0 saturated heterocycles. The molecule has 4 heteroatoms. The Morgan fingerprint density at radius 1 is 1.31 bits per heavy atom. The van der Waals surface area contributed by atoms with Gasteiger partial charge in [-0.25, -0.2) is 4.79 Å². The quantitative estimate of drug-likeness (QED) is 0.621. The van der Waals surface area contributed by atoms with Gasteiger partial charge in [0.15, 0.2) is 0 Å². The maximum atomic E-state index is 10.1. The maximum absolute atomic E-state index is 10.1. The molecule has 1 aliphatic carbocycles. The van der Waals surface area contributed by atoms with Crippen LogP contribution in [0.3, 0.4) is 0 Å². The summed E-state index contributed by atoms with van der Waals surface area (Å²) in [5, 5.41) is 19.9. The van der Waals surface area contributed by atoms with Crippen LogP contribution in [0.4, 0.5) is 4.79 Å². The fourth-order valence-electron chi connectivity index (χ4n) is 1.82. The third-order valence-corrected chi connectivity index (χ3v) is 2.65. The number of nitrogens with one attached hydrogen (secondary N) is 1. The molecule has 0 spiro atoms. The van der Waals surface area contributed by atoms with E-state index in [0.717, 1.165) is 32.1 Å². The van der Waals surface area contributed by atoms with E-state index in [9.17, 15) is 9.90 Å². The van der Waals surface area contributed by atoms with Crippen LogP contribution < -0.4 is 5.32 Å². The number of aliphatic hydroxyl groups is 1. The minimum absolute atomic E-state index is 0.122. The SMILES string of the molecule is O=C(O)NCCC1CCC(O)CC1. The zero-order chi connectivity index (χ0) is 9.68. The summed E-state index contributed by atoms with van der Waals surface area (Å²) in [4.78, 5) is 10.1. The van der Waals surface area contributed by atoms with Gasteiger partial charge in [-0.2, -0.15) is 0 Å². The van der Waals surface area contributed by atoms with E-state index in [4.69, 9.17) is 5.11 Å². The van der Waals surface area contributed by atoms with E-state index in [1.807, 2.05) is 0 Å². The van der Waals surface area contributed by atoms with Gasteiger partial charge in [-0.05, 0) is 38.0 Å². The van der Waals surface area contributed by atoms with Crippen molar-refractivity contribution >= 4 is 6.09 Å². The van der Waals surface area contributed by atoms with Gasteiger partial charge >= 0.3 is 6.09 Å². The van der Waals surface area contributed by atoms with Crippen molar-refractivity contribution in [1.29, 1.82) is 0 Å². The molecule has 0 aromatic heterocycles. The second-order valence-corrected chi connectivity index (χ2v) is 3.70. The van der Waals surface area contributed by atoms with Gasteiger partial charge in [0.2, 0.25) is 0 Å². The molecule has 0 radical (unpaired) electrons. The van der Waals surface area contributed by atoms with Gasteiger partial charge in [0.1, 0.15) is 0 Å². The normalized spacial score (nSPS) is 28.4. The van der Waals surface area contributed by atoms with Crippen molar-refractivity contribution in [1.82, 2.24) is 5.32 Å². The van der Waals surface area contributed by atoms with Crippen molar-refractivity contribution in [2.45, 2.75) is 38.2 Å². The molecule has 0 bridgehead atoms. The zero-order valence-corrected chi connectivity index (χ0v) is 7.70. The Morgan fingerprint density at radius 3 is 2.46 bits per heavy atom. The van der Waals surface area contributed by atoms with Gasteiger partial charge in [-0.15, -0.1) is 0 Å². The Balaban J connectivity index is 2.05. The van der Waals surface area contributed by atoms with Gasteiger partial charge in [0.25, 0.3) is 0 Å². The second-order valence-electron chi connectivity index (χ2n) is 3.70. The molecule has 3 N–H and O–H groups in total. The maximum Gasteiger partial charge on any atom is 0.404 e. The van der Waals surface area contributed by atoms with Crippen molar-refractivity contribution in [2.24, 2.45) is 5.92 Å². The van der Waals surface area contributed by atoms with E-state index in [1.54, 1.807) is 0 Å². The highest BCUT2D eigenvalue weighted by molar-refractivity contribution is 5.64. The van der Waals surface area contributed by atoms with Crippen LogP contribution in [0.5, 0.6) is 0 Å². The summed E-state index contributed by atoms with van der Waals surface area (Å²) in [6.45, 7) is 0.538. The largest absolute Gasteiger partial charge is 0.465 e. The van der Waals surface area contributed by atoms with Crippen LogP contribution in [-0.2, 0) is 0 Å². The molecule has 76 valence electrons. The van der Waals surface area contributed by atoms with Gasteiger partial charge < -0.3 is 15.5 Å². The molecule has 1 amide bonds. The van der Waals surface area contributed by atoms with E-state index in [-0.39, 0.29) is 6.10 Å². The average molecular weight is 187 g/mol. The van der Waals surface area contributed by atoms with Crippen molar-refractivity contribution < 1.29 is 15.0 Å². The summed E-state index contributed by atoms with van der Waals surface area (Å²) in [6.07, 6.45) is 3.64. The van der Waals surface area contributed by atoms with E-state index >= 15 is 0 Å². The highest BCUT2D eigenvalue weighted by atomic mass is 16.4. The second kappa shape index (κ2) is 5.07. The van der Waals surface area contributed by atoms with Gasteiger partial charge in [-0.1, -0.05) is 0 Å². The Morgan fingerprint density at radius 2 is 1.92 bits per heavy atom. The molecule has 0 heterocycles. The highest BCUT2D eigenvalue weighted by Crippen LogP contribution is 2.26. The number of carboxylic acid groups (broad SMARTS) is 1. The number of carbonyl (C=O) groups is 1. The Bertz CT molecular complexity index is 164. The predicted octanol–water partition coefficient (Wildman–Crippen LogP) is 1.20. The monoisotopic (exact) mass is 187 g/mol. The zero-order valence-electron chi connectivity index (χ0n) is 7.70. The smallest absolute Gasteiger partial charge is 0.404 e. The van der Waals surface area contributed by atoms with Crippen LogP contribution in [0, 0.1) is 5.92 Å². The Labute approximate surface area is 78.0 Å². The van der Waals surface area contributed by atoms with Gasteiger partial charge in [-0.3, -0.25) is 0 Å². The molecule has 1 saturated carbocycles. The van der Waals surface area contributed by atoms with Gasteiger partial charge in [0.05, 0.1) is 6.10 Å². The molecule has 0 aromatic carbocycles. The molecule has 0 aromatic rings. The lowest BCUT2D eigenvalue weighted by molar-refractivity contribution is 0.106. The number of rotatable bonds is 3. The van der Waals surface area contributed by atoms with Crippen LogP contribution in [0.25, 0.3) is 0 Å². The van der Waals surface area contributed by atoms with E-state index in [1.165, 1.54) is 0 Å². The third-order valence-electron chi connectivity index (χ3n) is 2.65. The summed E-state index contributed by atoms with van der Waals surface area (Å²) >= 11 is 0. The lowest BCUT2D eigenvalue weighted by Gasteiger charge is -2.25. The summed E-state index contributed by atoms with van der Waals surface area (Å²) in [7, 11) is 0. The van der Waals surface area contributed by atoms with Crippen molar-refractivity contribution in [3.8, 4) is 0 Å². The predicted molar refractivity (Wildman–Crippen MR) is 48.6 cm³/mol. The van der Waals surface area contributed by atoms with E-state index in [0.29, 0.717) is 12.5 Å².